The van der Waals surface area contributed by atoms with Gasteiger partial charge in [0.25, 0.3) is 0 Å². The van der Waals surface area contributed by atoms with E-state index in [0.717, 1.165) is 31.5 Å². The number of halogens is 1. The van der Waals surface area contributed by atoms with E-state index in [1.807, 2.05) is 48.5 Å². The number of hydrogen-bond donors (Lipinski definition) is 0. The van der Waals surface area contributed by atoms with Crippen molar-refractivity contribution >= 4 is 38.8 Å². The molecule has 0 saturated heterocycles. The first-order valence-electron chi connectivity index (χ1n) is 7.01. The van der Waals surface area contributed by atoms with Crippen molar-refractivity contribution in [2.45, 2.75) is 5.16 Å². The van der Waals surface area contributed by atoms with E-state index in [-0.39, 0.29) is 0 Å². The molecule has 0 spiro atoms. The molecule has 112 valence electrons. The molecule has 2 heterocycles. The summed E-state index contributed by atoms with van der Waals surface area (Å²) in [5, 5.41) is 13.9. The van der Waals surface area contributed by atoms with E-state index in [1.54, 1.807) is 22.7 Å². The maximum absolute atomic E-state index is 4.49. The van der Waals surface area contributed by atoms with E-state index in [2.05, 4.69) is 43.4 Å². The van der Waals surface area contributed by atoms with Gasteiger partial charge in [0.15, 0.2) is 5.82 Å². The molecule has 0 bridgehead atoms. The van der Waals surface area contributed by atoms with E-state index in [0.29, 0.717) is 0 Å². The van der Waals surface area contributed by atoms with Crippen LogP contribution in [0.3, 0.4) is 0 Å². The Bertz CT molecular complexity index is 915. The first-order chi connectivity index (χ1) is 11.3. The first-order valence-corrected chi connectivity index (χ1v) is 8.62. The van der Waals surface area contributed by atoms with E-state index in [9.17, 15) is 0 Å². The van der Waals surface area contributed by atoms with Crippen LogP contribution >= 0.6 is 27.7 Å². The van der Waals surface area contributed by atoms with Crippen molar-refractivity contribution in [2.75, 3.05) is 0 Å². The van der Waals surface area contributed by atoms with Gasteiger partial charge in [0, 0.05) is 21.2 Å². The smallest absolute Gasteiger partial charge is 0.187 e. The Balaban J connectivity index is 1.75. The number of benzene rings is 2. The summed E-state index contributed by atoms with van der Waals surface area (Å²) < 4.78 is 2.74. The molecule has 3 aromatic rings. The molecule has 0 atom stereocenters. The number of fused-ring (bicyclic) bond motifs is 1. The minimum atomic E-state index is 0.721. The monoisotopic (exact) mass is 382 g/mol. The third-order valence-corrected chi connectivity index (χ3v) is 5.11. The maximum atomic E-state index is 4.49. The molecule has 0 fully saturated rings. The molecule has 1 aliphatic rings. The van der Waals surface area contributed by atoms with Crippen LogP contribution in [0.25, 0.3) is 16.3 Å². The zero-order valence-corrected chi connectivity index (χ0v) is 14.3. The average Bonchev–Trinajstić information content (AvgIpc) is 2.86. The van der Waals surface area contributed by atoms with Crippen LogP contribution < -0.4 is 0 Å². The number of rotatable bonds is 2. The topological polar surface area (TPSA) is 43.1 Å². The van der Waals surface area contributed by atoms with Crippen LogP contribution in [-0.2, 0) is 0 Å². The molecule has 2 aromatic carbocycles. The summed E-state index contributed by atoms with van der Waals surface area (Å²) in [6.07, 6.45) is 3.79. The summed E-state index contributed by atoms with van der Waals surface area (Å²) >= 11 is 5.12. The van der Waals surface area contributed by atoms with Crippen molar-refractivity contribution in [1.82, 2.24) is 14.9 Å². The zero-order valence-electron chi connectivity index (χ0n) is 11.9. The van der Waals surface area contributed by atoms with Gasteiger partial charge in [-0.3, -0.25) is 0 Å². The minimum Gasteiger partial charge on any atom is -0.187 e. The predicted octanol–water partition coefficient (Wildman–Crippen LogP) is 4.69. The lowest BCUT2D eigenvalue weighted by Crippen LogP contribution is -1.94. The largest absolute Gasteiger partial charge is 0.217 e. The Morgan fingerprint density at radius 3 is 2.52 bits per heavy atom. The molecule has 6 heteroatoms. The quantitative estimate of drug-likeness (QED) is 0.645. The fourth-order valence-electron chi connectivity index (χ4n) is 2.30. The van der Waals surface area contributed by atoms with E-state index >= 15 is 0 Å². The third-order valence-electron chi connectivity index (χ3n) is 3.39. The summed E-state index contributed by atoms with van der Waals surface area (Å²) in [5.41, 5.74) is 2.11. The van der Waals surface area contributed by atoms with Gasteiger partial charge in [-0.05, 0) is 35.5 Å². The molecule has 0 N–H and O–H groups in total. The molecule has 1 aliphatic heterocycles. The molecule has 4 nitrogen and oxygen atoms in total. The lowest BCUT2D eigenvalue weighted by molar-refractivity contribution is 0.776. The van der Waals surface area contributed by atoms with Crippen LogP contribution in [0.2, 0.25) is 0 Å². The van der Waals surface area contributed by atoms with Crippen molar-refractivity contribution in [3.05, 3.63) is 70.7 Å². The van der Waals surface area contributed by atoms with Gasteiger partial charge in [0.2, 0.25) is 5.16 Å². The summed E-state index contributed by atoms with van der Waals surface area (Å²) in [4.78, 5) is 1.10. The summed E-state index contributed by atoms with van der Waals surface area (Å²) in [6.45, 7) is 0. The highest BCUT2D eigenvalue weighted by Crippen LogP contribution is 2.36. The molecular formula is C17H11BrN4S. The maximum Gasteiger partial charge on any atom is 0.217 e. The van der Waals surface area contributed by atoms with Crippen LogP contribution in [0.5, 0.6) is 0 Å². The fourth-order valence-corrected chi connectivity index (χ4v) is 3.64. The van der Waals surface area contributed by atoms with E-state index in [1.165, 1.54) is 0 Å². The molecule has 1 aromatic heterocycles. The summed E-state index contributed by atoms with van der Waals surface area (Å²) in [6, 6.07) is 18.1. The van der Waals surface area contributed by atoms with Crippen molar-refractivity contribution in [3.63, 3.8) is 0 Å². The fraction of sp³-hybridized carbons (Fsp3) is 0. The Morgan fingerprint density at radius 1 is 0.913 bits per heavy atom. The van der Waals surface area contributed by atoms with Gasteiger partial charge in [-0.1, -0.05) is 58.4 Å². The van der Waals surface area contributed by atoms with Crippen LogP contribution in [0, 0.1) is 0 Å². The van der Waals surface area contributed by atoms with Gasteiger partial charge in [0.1, 0.15) is 0 Å². The molecule has 0 unspecified atom stereocenters. The van der Waals surface area contributed by atoms with Gasteiger partial charge in [0.05, 0.1) is 0 Å². The Kier molecular flexibility index (Phi) is 3.85. The van der Waals surface area contributed by atoms with Gasteiger partial charge in [-0.15, -0.1) is 10.2 Å². The zero-order chi connectivity index (χ0) is 15.6. The van der Waals surface area contributed by atoms with Gasteiger partial charge in [-0.2, -0.15) is 9.78 Å². The van der Waals surface area contributed by atoms with Gasteiger partial charge >= 0.3 is 0 Å². The number of aromatic nitrogens is 3. The molecule has 0 saturated carbocycles. The highest BCUT2D eigenvalue weighted by atomic mass is 79.9. The average molecular weight is 383 g/mol. The second kappa shape index (κ2) is 6.14. The molecule has 0 aliphatic carbocycles. The normalized spacial score (nSPS) is 13.3. The Morgan fingerprint density at radius 2 is 1.70 bits per heavy atom. The Labute approximate surface area is 146 Å². The highest BCUT2D eigenvalue weighted by Gasteiger charge is 2.19. The molecular weight excluding hydrogens is 372 g/mol. The Hall–Kier alpha value is -2.18. The van der Waals surface area contributed by atoms with Crippen molar-refractivity contribution < 1.29 is 0 Å². The number of thioether (sulfide) groups is 1. The third kappa shape index (κ3) is 2.75. The van der Waals surface area contributed by atoms with Crippen LogP contribution in [-0.4, -0.2) is 21.1 Å². The van der Waals surface area contributed by atoms with Gasteiger partial charge in [-0.25, -0.2) is 0 Å². The highest BCUT2D eigenvalue weighted by molar-refractivity contribution is 9.10. The molecule has 4 rings (SSSR count). The van der Waals surface area contributed by atoms with Crippen molar-refractivity contribution in [1.29, 1.82) is 0 Å². The van der Waals surface area contributed by atoms with Crippen molar-refractivity contribution in [2.24, 2.45) is 5.10 Å². The lowest BCUT2D eigenvalue weighted by Gasteiger charge is -2.05. The second-order valence-electron chi connectivity index (χ2n) is 4.86. The molecule has 0 radical (unpaired) electrons. The van der Waals surface area contributed by atoms with E-state index in [4.69, 9.17) is 0 Å². The summed E-state index contributed by atoms with van der Waals surface area (Å²) in [7, 11) is 0. The minimum absolute atomic E-state index is 0.721. The second-order valence-corrected chi connectivity index (χ2v) is 6.72. The van der Waals surface area contributed by atoms with E-state index < -0.39 is 0 Å². The molecule has 0 amide bonds. The van der Waals surface area contributed by atoms with Crippen molar-refractivity contribution in [3.8, 4) is 11.4 Å². The predicted molar refractivity (Wildman–Crippen MR) is 97.3 cm³/mol. The number of nitrogens with zero attached hydrogens (tertiary/aromatic N) is 4. The van der Waals surface area contributed by atoms with Gasteiger partial charge < -0.3 is 0 Å². The SMILES string of the molecule is Brc1ccccc1-c1nnc2n1N=CC=C(c1ccccc1)S2. The van der Waals surface area contributed by atoms with Crippen LogP contribution in [0.4, 0.5) is 0 Å². The van der Waals surface area contributed by atoms with Crippen LogP contribution in [0.15, 0.2) is 75.4 Å². The van der Waals surface area contributed by atoms with Crippen LogP contribution in [0.1, 0.15) is 5.56 Å². The molecule has 23 heavy (non-hydrogen) atoms. The first kappa shape index (κ1) is 14.4. The lowest BCUT2D eigenvalue weighted by atomic mass is 10.2. The number of allylic oxidation sites excluding steroid dienone is 1. The standard InChI is InChI=1S/C17H11BrN4S/c18-14-9-5-4-8-13(14)16-20-21-17-22(16)19-11-10-15(23-17)12-6-2-1-3-7-12/h1-11H. The summed E-state index contributed by atoms with van der Waals surface area (Å²) in [5.74, 6) is 0.721. The number of hydrogen-bond acceptors (Lipinski definition) is 4.